The fourth-order valence-electron chi connectivity index (χ4n) is 2.55. The van der Waals surface area contributed by atoms with E-state index in [1.807, 2.05) is 24.3 Å². The first-order valence-corrected chi connectivity index (χ1v) is 5.81. The third kappa shape index (κ3) is 2.22. The Morgan fingerprint density at radius 3 is 2.47 bits per heavy atom. The van der Waals surface area contributed by atoms with Crippen molar-refractivity contribution >= 4 is 0 Å². The molecule has 0 fully saturated rings. The van der Waals surface area contributed by atoms with Crippen LogP contribution in [0.15, 0.2) is 47.1 Å². The third-order valence-corrected chi connectivity index (χ3v) is 3.37. The lowest BCUT2D eigenvalue weighted by molar-refractivity contribution is 0.656. The minimum Gasteiger partial charge on any atom is -0.192 e. The summed E-state index contributed by atoms with van der Waals surface area (Å²) >= 11 is 0. The minimum absolute atomic E-state index is 0.196. The van der Waals surface area contributed by atoms with Crippen LogP contribution in [-0.4, -0.2) is 0 Å². The van der Waals surface area contributed by atoms with E-state index in [4.69, 9.17) is 10.5 Å². The molecule has 0 heterocycles. The van der Waals surface area contributed by atoms with Crippen LogP contribution >= 0.6 is 0 Å². The van der Waals surface area contributed by atoms with Crippen LogP contribution in [0.3, 0.4) is 0 Å². The van der Waals surface area contributed by atoms with Crippen LogP contribution in [0.2, 0.25) is 0 Å². The fourth-order valence-corrected chi connectivity index (χ4v) is 2.55. The summed E-state index contributed by atoms with van der Waals surface area (Å²) in [5, 5.41) is 18.2. The highest BCUT2D eigenvalue weighted by atomic mass is 14.3. The van der Waals surface area contributed by atoms with Gasteiger partial charge >= 0.3 is 0 Å². The number of hydrogen-bond donors (Lipinski definition) is 0. The van der Waals surface area contributed by atoms with Crippen molar-refractivity contribution in [1.29, 1.82) is 10.5 Å². The van der Waals surface area contributed by atoms with E-state index in [1.165, 1.54) is 5.57 Å². The van der Waals surface area contributed by atoms with Crippen LogP contribution in [0.4, 0.5) is 0 Å². The molecule has 2 aliphatic carbocycles. The number of allylic oxidation sites excluding steroid dienone is 8. The number of fused-ring (bicyclic) bond motifs is 2. The van der Waals surface area contributed by atoms with Gasteiger partial charge in [-0.05, 0) is 25.3 Å². The molecule has 0 aromatic carbocycles. The molecule has 0 unspecified atom stereocenters. The smallest absolute Gasteiger partial charge is 0.130 e. The molecule has 84 valence electrons. The second-order valence-corrected chi connectivity index (χ2v) is 4.53. The standard InChI is InChI=1S/C15H14N2/c1-11-6-7-12-4-2-3-5-13(8-11)15(12)14(9-16)10-17/h2-6,12-13H,7-8H2,1H3/t12-,13+/m1/s1. The van der Waals surface area contributed by atoms with Crippen molar-refractivity contribution in [2.45, 2.75) is 19.8 Å². The predicted octanol–water partition coefficient (Wildman–Crippen LogP) is 3.43. The van der Waals surface area contributed by atoms with E-state index in [1.54, 1.807) is 0 Å². The van der Waals surface area contributed by atoms with Crippen molar-refractivity contribution in [2.24, 2.45) is 11.8 Å². The summed E-state index contributed by atoms with van der Waals surface area (Å²) in [6.45, 7) is 2.12. The molecule has 17 heavy (non-hydrogen) atoms. The van der Waals surface area contributed by atoms with E-state index >= 15 is 0 Å². The highest BCUT2D eigenvalue weighted by molar-refractivity contribution is 5.47. The quantitative estimate of drug-likeness (QED) is 0.465. The van der Waals surface area contributed by atoms with Gasteiger partial charge in [-0.25, -0.2) is 0 Å². The van der Waals surface area contributed by atoms with Crippen LogP contribution in [0.1, 0.15) is 19.8 Å². The van der Waals surface area contributed by atoms with Gasteiger partial charge in [-0.3, -0.25) is 0 Å². The molecule has 0 saturated heterocycles. The maximum Gasteiger partial charge on any atom is 0.130 e. The maximum atomic E-state index is 9.09. The zero-order valence-electron chi connectivity index (χ0n) is 9.85. The van der Waals surface area contributed by atoms with E-state index in [0.29, 0.717) is 5.57 Å². The van der Waals surface area contributed by atoms with Crippen molar-refractivity contribution in [3.63, 3.8) is 0 Å². The normalized spacial score (nSPS) is 26.3. The molecular weight excluding hydrogens is 208 g/mol. The van der Waals surface area contributed by atoms with Crippen LogP contribution in [0, 0.1) is 34.5 Å². The number of hydrogen-bond acceptors (Lipinski definition) is 2. The summed E-state index contributed by atoms with van der Waals surface area (Å²) in [4.78, 5) is 0. The van der Waals surface area contributed by atoms with E-state index in [2.05, 4.69) is 25.2 Å². The van der Waals surface area contributed by atoms with Gasteiger partial charge in [0.2, 0.25) is 0 Å². The van der Waals surface area contributed by atoms with E-state index < -0.39 is 0 Å². The number of rotatable bonds is 0. The molecular formula is C15H14N2. The highest BCUT2D eigenvalue weighted by Gasteiger charge is 2.26. The molecule has 0 aliphatic heterocycles. The Bertz CT molecular complexity index is 502. The monoisotopic (exact) mass is 222 g/mol. The first-order valence-electron chi connectivity index (χ1n) is 5.81. The van der Waals surface area contributed by atoms with Gasteiger partial charge in [-0.15, -0.1) is 0 Å². The minimum atomic E-state index is 0.196. The van der Waals surface area contributed by atoms with E-state index in [-0.39, 0.29) is 11.8 Å². The van der Waals surface area contributed by atoms with Crippen molar-refractivity contribution in [2.75, 3.05) is 0 Å². The Balaban J connectivity index is 2.57. The van der Waals surface area contributed by atoms with E-state index in [0.717, 1.165) is 18.4 Å². The Hall–Kier alpha value is -2.06. The summed E-state index contributed by atoms with van der Waals surface area (Å²) in [5.41, 5.74) is 2.62. The average Bonchev–Trinajstić information content (AvgIpc) is 2.61. The summed E-state index contributed by atoms with van der Waals surface area (Å²) in [6, 6.07) is 4.10. The fraction of sp³-hybridized carbons (Fsp3) is 0.333. The Morgan fingerprint density at radius 2 is 1.82 bits per heavy atom. The molecule has 2 aliphatic rings. The third-order valence-electron chi connectivity index (χ3n) is 3.37. The molecule has 2 bridgehead atoms. The van der Waals surface area contributed by atoms with Gasteiger partial charge in [0.15, 0.2) is 0 Å². The zero-order valence-corrected chi connectivity index (χ0v) is 9.85. The van der Waals surface area contributed by atoms with Crippen LogP contribution in [-0.2, 0) is 0 Å². The lowest BCUT2D eigenvalue weighted by Gasteiger charge is -2.19. The molecule has 2 atom stereocenters. The molecule has 0 aromatic heterocycles. The molecule has 0 aromatic rings. The number of nitrogens with zero attached hydrogens (tertiary/aromatic N) is 2. The average molecular weight is 222 g/mol. The van der Waals surface area contributed by atoms with Gasteiger partial charge in [0.05, 0.1) is 0 Å². The maximum absolute atomic E-state index is 9.09. The number of nitriles is 2. The molecule has 0 saturated carbocycles. The summed E-state index contributed by atoms with van der Waals surface area (Å²) in [6.07, 6.45) is 12.3. The van der Waals surface area contributed by atoms with Gasteiger partial charge in [-0.1, -0.05) is 36.0 Å². The Labute approximate surface area is 102 Å². The summed E-state index contributed by atoms with van der Waals surface area (Å²) < 4.78 is 0. The summed E-state index contributed by atoms with van der Waals surface area (Å²) in [7, 11) is 0. The second-order valence-electron chi connectivity index (χ2n) is 4.53. The van der Waals surface area contributed by atoms with Crippen molar-refractivity contribution in [1.82, 2.24) is 0 Å². The van der Waals surface area contributed by atoms with Crippen molar-refractivity contribution in [3.05, 3.63) is 47.1 Å². The second kappa shape index (κ2) is 4.85. The van der Waals surface area contributed by atoms with Gasteiger partial charge in [0.1, 0.15) is 17.7 Å². The van der Waals surface area contributed by atoms with Crippen molar-refractivity contribution in [3.8, 4) is 12.1 Å². The van der Waals surface area contributed by atoms with Gasteiger partial charge in [0, 0.05) is 11.8 Å². The Morgan fingerprint density at radius 1 is 1.18 bits per heavy atom. The molecule has 2 heteroatoms. The molecule has 2 rings (SSSR count). The first-order chi connectivity index (χ1) is 8.26. The largest absolute Gasteiger partial charge is 0.192 e. The van der Waals surface area contributed by atoms with Crippen LogP contribution in [0.5, 0.6) is 0 Å². The lowest BCUT2D eigenvalue weighted by Crippen LogP contribution is -2.10. The van der Waals surface area contributed by atoms with E-state index in [9.17, 15) is 0 Å². The molecule has 0 radical (unpaired) electrons. The SMILES string of the molecule is CC1=CC[C@H]2C=CC=C[C@@H](C1)C2=C(C#N)C#N. The van der Waals surface area contributed by atoms with Gasteiger partial charge in [-0.2, -0.15) is 10.5 Å². The molecule has 0 spiro atoms. The molecule has 0 N–H and O–H groups in total. The van der Waals surface area contributed by atoms with Crippen LogP contribution < -0.4 is 0 Å². The molecule has 0 amide bonds. The summed E-state index contributed by atoms with van der Waals surface area (Å²) in [5.74, 6) is 0.393. The predicted molar refractivity (Wildman–Crippen MR) is 66.5 cm³/mol. The topological polar surface area (TPSA) is 47.6 Å². The van der Waals surface area contributed by atoms with Gasteiger partial charge in [0.25, 0.3) is 0 Å². The van der Waals surface area contributed by atoms with Gasteiger partial charge < -0.3 is 0 Å². The zero-order chi connectivity index (χ0) is 12.3. The Kier molecular flexibility index (Phi) is 3.26. The van der Waals surface area contributed by atoms with Crippen molar-refractivity contribution < 1.29 is 0 Å². The lowest BCUT2D eigenvalue weighted by atomic mass is 9.83. The highest BCUT2D eigenvalue weighted by Crippen LogP contribution is 2.37. The first kappa shape index (κ1) is 11.4. The van der Waals surface area contributed by atoms with Crippen LogP contribution in [0.25, 0.3) is 0 Å². The molecule has 2 nitrogen and oxygen atoms in total.